The van der Waals surface area contributed by atoms with Crippen LogP contribution in [0.1, 0.15) is 16.8 Å². The zero-order valence-electron chi connectivity index (χ0n) is 9.25. The largest absolute Gasteiger partial charge is 0.330 e. The highest BCUT2D eigenvalue weighted by Gasteiger charge is 2.02. The molecule has 0 unspecified atom stereocenters. The Bertz CT molecular complexity index is 489. The maximum atomic E-state index is 5.53. The van der Waals surface area contributed by atoms with Crippen LogP contribution in [-0.4, -0.2) is 11.5 Å². The third-order valence-electron chi connectivity index (χ3n) is 2.74. The minimum atomic E-state index is 0.656. The minimum absolute atomic E-state index is 0.656. The normalized spacial score (nSPS) is 10.9. The van der Waals surface area contributed by atoms with Gasteiger partial charge in [-0.15, -0.1) is 0 Å². The Kier molecular flexibility index (Phi) is 2.69. The van der Waals surface area contributed by atoms with Crippen molar-refractivity contribution in [2.45, 2.75) is 20.3 Å². The van der Waals surface area contributed by atoms with Gasteiger partial charge in [-0.3, -0.25) is 4.98 Å². The fraction of sp³-hybridized carbons (Fsp3) is 0.308. The molecule has 2 N–H and O–H groups in total. The van der Waals surface area contributed by atoms with Crippen molar-refractivity contribution >= 4 is 10.9 Å². The summed E-state index contributed by atoms with van der Waals surface area (Å²) in [6, 6.07) is 8.48. The fourth-order valence-corrected chi connectivity index (χ4v) is 1.82. The van der Waals surface area contributed by atoms with Gasteiger partial charge in [0.15, 0.2) is 0 Å². The minimum Gasteiger partial charge on any atom is -0.330 e. The van der Waals surface area contributed by atoms with Crippen molar-refractivity contribution in [1.29, 1.82) is 0 Å². The summed E-state index contributed by atoms with van der Waals surface area (Å²) in [6.45, 7) is 4.87. The molecule has 2 aromatic rings. The Balaban J connectivity index is 2.65. The van der Waals surface area contributed by atoms with Gasteiger partial charge in [-0.1, -0.05) is 18.2 Å². The van der Waals surface area contributed by atoms with E-state index < -0.39 is 0 Å². The molecule has 0 aliphatic carbocycles. The quantitative estimate of drug-likeness (QED) is 0.808. The topological polar surface area (TPSA) is 38.9 Å². The molecule has 0 saturated heterocycles. The van der Waals surface area contributed by atoms with E-state index in [2.05, 4.69) is 43.1 Å². The average Bonchev–Trinajstić information content (AvgIpc) is 2.24. The molecule has 2 heteroatoms. The summed E-state index contributed by atoms with van der Waals surface area (Å²) in [7, 11) is 0. The zero-order chi connectivity index (χ0) is 10.8. The lowest BCUT2D eigenvalue weighted by molar-refractivity contribution is 0.931. The third kappa shape index (κ3) is 1.85. The first-order valence-corrected chi connectivity index (χ1v) is 5.28. The van der Waals surface area contributed by atoms with Crippen molar-refractivity contribution in [2.75, 3.05) is 6.54 Å². The van der Waals surface area contributed by atoms with Crippen LogP contribution in [0.3, 0.4) is 0 Å². The molecule has 2 rings (SSSR count). The molecule has 0 atom stereocenters. The van der Waals surface area contributed by atoms with E-state index in [0.717, 1.165) is 17.6 Å². The molecule has 1 heterocycles. The summed E-state index contributed by atoms with van der Waals surface area (Å²) in [5, 5.41) is 1.25. The molecule has 0 aliphatic heterocycles. The number of rotatable bonds is 2. The number of hydrogen-bond donors (Lipinski definition) is 1. The van der Waals surface area contributed by atoms with Crippen LogP contribution in [0.25, 0.3) is 10.9 Å². The fourth-order valence-electron chi connectivity index (χ4n) is 1.82. The first-order valence-electron chi connectivity index (χ1n) is 5.28. The highest BCUT2D eigenvalue weighted by Crippen LogP contribution is 2.20. The van der Waals surface area contributed by atoms with E-state index in [1.54, 1.807) is 0 Å². The number of hydrogen-bond acceptors (Lipinski definition) is 2. The van der Waals surface area contributed by atoms with Gasteiger partial charge in [-0.25, -0.2) is 0 Å². The Morgan fingerprint density at radius 2 is 1.80 bits per heavy atom. The number of nitrogens with zero attached hydrogens (tertiary/aromatic N) is 1. The predicted molar refractivity (Wildman–Crippen MR) is 64.0 cm³/mol. The van der Waals surface area contributed by atoms with Crippen LogP contribution in [0.4, 0.5) is 0 Å². The number of fused-ring (bicyclic) bond motifs is 1. The average molecular weight is 200 g/mol. The molecular formula is C13H16N2. The van der Waals surface area contributed by atoms with Crippen LogP contribution >= 0.6 is 0 Å². The van der Waals surface area contributed by atoms with E-state index in [1.807, 2.05) is 0 Å². The second-order valence-corrected chi connectivity index (χ2v) is 3.94. The van der Waals surface area contributed by atoms with Crippen molar-refractivity contribution in [3.8, 4) is 0 Å². The molecule has 1 aromatic carbocycles. The Morgan fingerprint density at radius 1 is 1.07 bits per heavy atom. The Hall–Kier alpha value is -1.41. The van der Waals surface area contributed by atoms with E-state index in [0.29, 0.717) is 6.54 Å². The number of benzene rings is 1. The van der Waals surface area contributed by atoms with Gasteiger partial charge >= 0.3 is 0 Å². The van der Waals surface area contributed by atoms with Gasteiger partial charge in [0.05, 0.1) is 5.52 Å². The highest BCUT2D eigenvalue weighted by atomic mass is 14.7. The maximum Gasteiger partial charge on any atom is 0.0737 e. The second kappa shape index (κ2) is 3.99. The number of pyridine rings is 1. The van der Waals surface area contributed by atoms with Gasteiger partial charge in [0, 0.05) is 17.5 Å². The first-order chi connectivity index (χ1) is 7.22. The predicted octanol–water partition coefficient (Wildman–Crippen LogP) is 2.35. The van der Waals surface area contributed by atoms with E-state index >= 15 is 0 Å². The molecule has 0 radical (unpaired) electrons. The molecule has 0 saturated carbocycles. The number of nitrogens with two attached hydrogens (primary N) is 1. The van der Waals surface area contributed by atoms with Crippen molar-refractivity contribution in [1.82, 2.24) is 4.98 Å². The lowest BCUT2D eigenvalue weighted by Crippen LogP contribution is -2.04. The second-order valence-electron chi connectivity index (χ2n) is 3.94. The molecule has 2 nitrogen and oxygen atoms in total. The van der Waals surface area contributed by atoms with Gasteiger partial charge < -0.3 is 5.73 Å². The van der Waals surface area contributed by atoms with Crippen molar-refractivity contribution in [3.05, 3.63) is 41.1 Å². The van der Waals surface area contributed by atoms with Crippen LogP contribution in [0.5, 0.6) is 0 Å². The molecule has 0 spiro atoms. The monoisotopic (exact) mass is 200 g/mol. The van der Waals surface area contributed by atoms with Crippen LogP contribution in [-0.2, 0) is 6.42 Å². The standard InChI is InChI=1S/C13H16N2/c1-9-3-4-10(2)13-12(9)6-5-11(15-13)7-8-14/h3-6H,7-8,14H2,1-2H3. The molecule has 0 aliphatic rings. The molecular weight excluding hydrogens is 184 g/mol. The van der Waals surface area contributed by atoms with Gasteiger partial charge in [-0.2, -0.15) is 0 Å². The molecule has 0 fully saturated rings. The first kappa shape index (κ1) is 10.1. The van der Waals surface area contributed by atoms with Gasteiger partial charge in [0.1, 0.15) is 0 Å². The Labute approximate surface area is 90.1 Å². The van der Waals surface area contributed by atoms with E-state index in [-0.39, 0.29) is 0 Å². The Morgan fingerprint density at radius 3 is 2.53 bits per heavy atom. The maximum absolute atomic E-state index is 5.53. The van der Waals surface area contributed by atoms with Crippen LogP contribution in [0, 0.1) is 13.8 Å². The van der Waals surface area contributed by atoms with Crippen molar-refractivity contribution in [2.24, 2.45) is 5.73 Å². The molecule has 78 valence electrons. The van der Waals surface area contributed by atoms with E-state index in [9.17, 15) is 0 Å². The van der Waals surface area contributed by atoms with Crippen LogP contribution < -0.4 is 5.73 Å². The van der Waals surface area contributed by atoms with Crippen molar-refractivity contribution < 1.29 is 0 Å². The van der Waals surface area contributed by atoms with Gasteiger partial charge in [0.25, 0.3) is 0 Å². The molecule has 1 aromatic heterocycles. The smallest absolute Gasteiger partial charge is 0.0737 e. The van der Waals surface area contributed by atoms with Gasteiger partial charge in [0.2, 0.25) is 0 Å². The zero-order valence-corrected chi connectivity index (χ0v) is 9.25. The summed E-state index contributed by atoms with van der Waals surface area (Å²) in [5.74, 6) is 0. The van der Waals surface area contributed by atoms with Crippen LogP contribution in [0.2, 0.25) is 0 Å². The number of aromatic nitrogens is 1. The molecule has 15 heavy (non-hydrogen) atoms. The van der Waals surface area contributed by atoms with E-state index in [4.69, 9.17) is 5.73 Å². The van der Waals surface area contributed by atoms with Gasteiger partial charge in [-0.05, 0) is 37.6 Å². The molecule has 0 bridgehead atoms. The van der Waals surface area contributed by atoms with Crippen LogP contribution in [0.15, 0.2) is 24.3 Å². The lowest BCUT2D eigenvalue weighted by Gasteiger charge is -2.06. The highest BCUT2D eigenvalue weighted by molar-refractivity contribution is 5.84. The summed E-state index contributed by atoms with van der Waals surface area (Å²) in [5.41, 5.74) is 10.2. The number of aryl methyl sites for hydroxylation is 2. The van der Waals surface area contributed by atoms with E-state index in [1.165, 1.54) is 16.5 Å². The summed E-state index contributed by atoms with van der Waals surface area (Å²) >= 11 is 0. The summed E-state index contributed by atoms with van der Waals surface area (Å²) in [4.78, 5) is 4.65. The summed E-state index contributed by atoms with van der Waals surface area (Å²) < 4.78 is 0. The summed E-state index contributed by atoms with van der Waals surface area (Å²) in [6.07, 6.45) is 0.851. The SMILES string of the molecule is Cc1ccc(C)c2nc(CCN)ccc12. The molecule has 0 amide bonds. The van der Waals surface area contributed by atoms with Crippen molar-refractivity contribution in [3.63, 3.8) is 0 Å². The third-order valence-corrected chi connectivity index (χ3v) is 2.74. The lowest BCUT2D eigenvalue weighted by atomic mass is 10.0.